The van der Waals surface area contributed by atoms with Crippen LogP contribution >= 0.6 is 0 Å². The summed E-state index contributed by atoms with van der Waals surface area (Å²) >= 11 is 0. The summed E-state index contributed by atoms with van der Waals surface area (Å²) in [7, 11) is 0. The van der Waals surface area contributed by atoms with Gasteiger partial charge in [-0.1, -0.05) is 12.6 Å². The zero-order valence-electron chi connectivity index (χ0n) is 13.6. The van der Waals surface area contributed by atoms with Gasteiger partial charge in [0.25, 0.3) is 0 Å². The number of carbonyl (C=O) groups is 1. The Labute approximate surface area is 141 Å². The second-order valence-electron chi connectivity index (χ2n) is 5.94. The second-order valence-corrected chi connectivity index (χ2v) is 5.94. The number of amides is 1. The minimum Gasteiger partial charge on any atom is -0.339 e. The highest BCUT2D eigenvalue weighted by atomic mass is 16.2. The second kappa shape index (κ2) is 7.68. The Bertz CT molecular complexity index is 704. The lowest BCUT2D eigenvalue weighted by atomic mass is 9.93. The van der Waals surface area contributed by atoms with Crippen molar-refractivity contribution in [1.29, 1.82) is 0 Å². The summed E-state index contributed by atoms with van der Waals surface area (Å²) in [6.07, 6.45) is 7.65. The van der Waals surface area contributed by atoms with Crippen molar-refractivity contribution in [3.63, 3.8) is 0 Å². The first kappa shape index (κ1) is 16.1. The Morgan fingerprint density at radius 2 is 2.25 bits per heavy atom. The molecular formula is C18H21N5O. The molecule has 1 aliphatic heterocycles. The number of anilines is 2. The van der Waals surface area contributed by atoms with Gasteiger partial charge in [-0.2, -0.15) is 0 Å². The minimum absolute atomic E-state index is 0.0138. The van der Waals surface area contributed by atoms with Gasteiger partial charge in [0.2, 0.25) is 5.91 Å². The normalized spacial score (nSPS) is 17.3. The van der Waals surface area contributed by atoms with Crippen LogP contribution in [0.25, 0.3) is 0 Å². The summed E-state index contributed by atoms with van der Waals surface area (Å²) < 4.78 is 0. The number of aromatic nitrogens is 3. The van der Waals surface area contributed by atoms with Gasteiger partial charge >= 0.3 is 0 Å². The topological polar surface area (TPSA) is 71.0 Å². The van der Waals surface area contributed by atoms with E-state index in [1.54, 1.807) is 12.5 Å². The number of carbonyl (C=O) groups excluding carboxylic acids is 1. The zero-order valence-corrected chi connectivity index (χ0v) is 13.6. The molecule has 0 bridgehead atoms. The van der Waals surface area contributed by atoms with E-state index in [0.717, 1.165) is 49.7 Å². The molecule has 1 saturated heterocycles. The molecular weight excluding hydrogens is 302 g/mol. The predicted octanol–water partition coefficient (Wildman–Crippen LogP) is 2.58. The van der Waals surface area contributed by atoms with Gasteiger partial charge in [0.15, 0.2) is 0 Å². The van der Waals surface area contributed by atoms with E-state index in [1.807, 2.05) is 29.2 Å². The smallest absolute Gasteiger partial charge is 0.245 e. The van der Waals surface area contributed by atoms with Gasteiger partial charge in [-0.05, 0) is 43.4 Å². The van der Waals surface area contributed by atoms with Crippen LogP contribution in [-0.2, 0) is 11.2 Å². The summed E-state index contributed by atoms with van der Waals surface area (Å²) in [5.74, 6) is 1.91. The van der Waals surface area contributed by atoms with Crippen molar-refractivity contribution >= 4 is 17.5 Å². The van der Waals surface area contributed by atoms with Crippen molar-refractivity contribution < 1.29 is 4.79 Å². The Morgan fingerprint density at radius 3 is 3.04 bits per heavy atom. The van der Waals surface area contributed by atoms with Gasteiger partial charge in [-0.25, -0.2) is 15.0 Å². The molecule has 0 spiro atoms. The van der Waals surface area contributed by atoms with E-state index in [2.05, 4.69) is 26.8 Å². The number of rotatable bonds is 5. The molecule has 124 valence electrons. The zero-order chi connectivity index (χ0) is 16.8. The van der Waals surface area contributed by atoms with E-state index in [9.17, 15) is 4.79 Å². The average molecular weight is 323 g/mol. The molecule has 24 heavy (non-hydrogen) atoms. The largest absolute Gasteiger partial charge is 0.339 e. The maximum atomic E-state index is 11.8. The first-order valence-electron chi connectivity index (χ1n) is 8.15. The van der Waals surface area contributed by atoms with Gasteiger partial charge in [-0.3, -0.25) is 4.79 Å². The van der Waals surface area contributed by atoms with E-state index < -0.39 is 0 Å². The van der Waals surface area contributed by atoms with Crippen LogP contribution in [0.15, 0.2) is 49.4 Å². The summed E-state index contributed by atoms with van der Waals surface area (Å²) in [4.78, 5) is 26.5. The predicted molar refractivity (Wildman–Crippen MR) is 92.8 cm³/mol. The third kappa shape index (κ3) is 4.16. The Morgan fingerprint density at radius 1 is 1.33 bits per heavy atom. The molecule has 1 fully saturated rings. The van der Waals surface area contributed by atoms with Gasteiger partial charge in [0.1, 0.15) is 18.0 Å². The van der Waals surface area contributed by atoms with Crippen LogP contribution in [0.2, 0.25) is 0 Å². The number of piperidine rings is 1. The molecule has 0 aromatic carbocycles. The van der Waals surface area contributed by atoms with Crippen molar-refractivity contribution in [2.24, 2.45) is 5.92 Å². The van der Waals surface area contributed by atoms with Crippen molar-refractivity contribution in [2.45, 2.75) is 19.3 Å². The number of hydrogen-bond acceptors (Lipinski definition) is 5. The molecule has 0 unspecified atom stereocenters. The van der Waals surface area contributed by atoms with Crippen LogP contribution in [0, 0.1) is 5.92 Å². The van der Waals surface area contributed by atoms with Gasteiger partial charge in [0, 0.05) is 31.0 Å². The van der Waals surface area contributed by atoms with Crippen LogP contribution in [-0.4, -0.2) is 38.8 Å². The maximum absolute atomic E-state index is 11.8. The standard InChI is InChI=1S/C18H21N5O/c1-2-18(24)23-9-5-6-14(12-23)10-15-11-17(21-13-20-15)22-16-7-3-4-8-19-16/h2-4,7-8,11,13-14H,1,5-6,9-10,12H2,(H,19,20,21,22)/t14-/m1/s1. The van der Waals surface area contributed by atoms with Crippen LogP contribution in [0.3, 0.4) is 0 Å². The minimum atomic E-state index is 0.0138. The van der Waals surface area contributed by atoms with Gasteiger partial charge < -0.3 is 10.2 Å². The first-order valence-corrected chi connectivity index (χ1v) is 8.15. The third-order valence-corrected chi connectivity index (χ3v) is 4.15. The lowest BCUT2D eigenvalue weighted by molar-refractivity contribution is -0.127. The summed E-state index contributed by atoms with van der Waals surface area (Å²) in [6, 6.07) is 7.63. The quantitative estimate of drug-likeness (QED) is 0.856. The Kier molecular flexibility index (Phi) is 5.15. The Hall–Kier alpha value is -2.76. The molecule has 6 heteroatoms. The van der Waals surface area contributed by atoms with E-state index in [1.165, 1.54) is 6.08 Å². The van der Waals surface area contributed by atoms with Crippen LogP contribution < -0.4 is 5.32 Å². The Balaban J connectivity index is 1.64. The fourth-order valence-corrected chi connectivity index (χ4v) is 3.00. The van der Waals surface area contributed by atoms with Crippen molar-refractivity contribution in [3.05, 3.63) is 55.1 Å². The molecule has 1 atom stereocenters. The van der Waals surface area contributed by atoms with E-state index in [-0.39, 0.29) is 5.91 Å². The number of pyridine rings is 1. The number of nitrogens with one attached hydrogen (secondary N) is 1. The fraction of sp³-hybridized carbons (Fsp3) is 0.333. The highest BCUT2D eigenvalue weighted by Crippen LogP contribution is 2.21. The third-order valence-electron chi connectivity index (χ3n) is 4.15. The lowest BCUT2D eigenvalue weighted by Crippen LogP contribution is -2.39. The van der Waals surface area contributed by atoms with Crippen LogP contribution in [0.4, 0.5) is 11.6 Å². The molecule has 0 radical (unpaired) electrons. The molecule has 1 amide bonds. The molecule has 1 N–H and O–H groups in total. The fourth-order valence-electron chi connectivity index (χ4n) is 3.00. The SMILES string of the molecule is C=CC(=O)N1CCC[C@H](Cc2cc(Nc3ccccn3)ncn2)C1. The molecule has 2 aromatic heterocycles. The number of hydrogen-bond donors (Lipinski definition) is 1. The highest BCUT2D eigenvalue weighted by Gasteiger charge is 2.22. The first-order chi connectivity index (χ1) is 11.7. The van der Waals surface area contributed by atoms with Crippen molar-refractivity contribution in [2.75, 3.05) is 18.4 Å². The van der Waals surface area contributed by atoms with E-state index in [0.29, 0.717) is 5.92 Å². The molecule has 0 saturated carbocycles. The average Bonchev–Trinajstić information content (AvgIpc) is 2.62. The van der Waals surface area contributed by atoms with E-state index >= 15 is 0 Å². The van der Waals surface area contributed by atoms with Gasteiger partial charge in [0.05, 0.1) is 0 Å². The number of nitrogens with zero attached hydrogens (tertiary/aromatic N) is 4. The van der Waals surface area contributed by atoms with Crippen LogP contribution in [0.1, 0.15) is 18.5 Å². The van der Waals surface area contributed by atoms with Crippen molar-refractivity contribution in [3.8, 4) is 0 Å². The van der Waals surface area contributed by atoms with Gasteiger partial charge in [-0.15, -0.1) is 0 Å². The van der Waals surface area contributed by atoms with Crippen molar-refractivity contribution in [1.82, 2.24) is 19.9 Å². The molecule has 1 aliphatic rings. The summed E-state index contributed by atoms with van der Waals surface area (Å²) in [5, 5.41) is 3.18. The molecule has 2 aromatic rings. The molecule has 0 aliphatic carbocycles. The monoisotopic (exact) mass is 323 g/mol. The summed E-state index contributed by atoms with van der Waals surface area (Å²) in [5.41, 5.74) is 0.973. The lowest BCUT2D eigenvalue weighted by Gasteiger charge is -2.32. The summed E-state index contributed by atoms with van der Waals surface area (Å²) in [6.45, 7) is 5.15. The van der Waals surface area contributed by atoms with E-state index in [4.69, 9.17) is 0 Å². The highest BCUT2D eigenvalue weighted by molar-refractivity contribution is 5.87. The maximum Gasteiger partial charge on any atom is 0.245 e. The molecule has 3 heterocycles. The molecule has 6 nitrogen and oxygen atoms in total. The number of likely N-dealkylation sites (tertiary alicyclic amines) is 1. The van der Waals surface area contributed by atoms with Crippen LogP contribution in [0.5, 0.6) is 0 Å². The molecule has 3 rings (SSSR count).